The van der Waals surface area contributed by atoms with Crippen LogP contribution in [-0.2, 0) is 84.7 Å². The molecule has 0 radical (unpaired) electrons. The van der Waals surface area contributed by atoms with Crippen LogP contribution >= 0.6 is 0 Å². The molecule has 4 aromatic carbocycles. The number of ether oxygens (including phenoxy) is 4. The highest BCUT2D eigenvalue weighted by molar-refractivity contribution is 7.80. The molecule has 21 nitrogen and oxygen atoms in total. The fourth-order valence-electron chi connectivity index (χ4n) is 21.2. The van der Waals surface area contributed by atoms with Crippen molar-refractivity contribution in [1.82, 2.24) is 0 Å². The number of hydrogen-bond donors (Lipinski definition) is 6. The number of fused-ring (bicyclic) bond motifs is 14. The Balaban J connectivity index is 0.000000191. The summed E-state index contributed by atoms with van der Waals surface area (Å²) in [5.41, 5.74) is 2.95. The summed E-state index contributed by atoms with van der Waals surface area (Å²) >= 11 is 0. The van der Waals surface area contributed by atoms with Gasteiger partial charge in [-0.1, -0.05) is 165 Å². The normalized spacial score (nSPS) is 34.5. The first kappa shape index (κ1) is 78.5. The van der Waals surface area contributed by atoms with E-state index in [4.69, 9.17) is 18.9 Å². The molecule has 0 aromatic heterocycles. The second kappa shape index (κ2) is 29.9. The van der Waals surface area contributed by atoms with Gasteiger partial charge >= 0.3 is 10.4 Å². The minimum atomic E-state index is -4.94. The first-order valence-corrected chi connectivity index (χ1v) is 39.6. The average Bonchev–Trinajstić information content (AvgIpc) is 1.50. The summed E-state index contributed by atoms with van der Waals surface area (Å²) in [6.07, 6.45) is 11.7. The van der Waals surface area contributed by atoms with E-state index in [-0.39, 0.29) is 102 Å². The summed E-state index contributed by atoms with van der Waals surface area (Å²) in [6.45, 7) is 17.3. The van der Waals surface area contributed by atoms with Gasteiger partial charge in [-0.15, -0.1) is 0 Å². The number of ketones is 6. The predicted molar refractivity (Wildman–Crippen MR) is 400 cm³/mol. The summed E-state index contributed by atoms with van der Waals surface area (Å²) in [5.74, 6) is -2.96. The molecule has 6 saturated carbocycles. The maximum atomic E-state index is 14.3. The van der Waals surface area contributed by atoms with Crippen LogP contribution in [0, 0.1) is 80.8 Å². The zero-order valence-electron chi connectivity index (χ0n) is 63.2. The number of nitrogens with one attached hydrogen (secondary N) is 2. The van der Waals surface area contributed by atoms with Crippen LogP contribution in [0.2, 0.25) is 0 Å². The lowest BCUT2D eigenvalue weighted by Gasteiger charge is -2.59. The van der Waals surface area contributed by atoms with E-state index in [0.29, 0.717) is 61.9 Å². The molecule has 14 rings (SSSR count). The van der Waals surface area contributed by atoms with Crippen LogP contribution < -0.4 is 10.6 Å². The Morgan fingerprint density at radius 2 is 0.963 bits per heavy atom. The molecule has 8 fully saturated rings. The van der Waals surface area contributed by atoms with Gasteiger partial charge in [-0.05, 0) is 159 Å². The highest BCUT2D eigenvalue weighted by Crippen LogP contribution is 2.73. The highest BCUT2D eigenvalue weighted by atomic mass is 32.3. The van der Waals surface area contributed by atoms with E-state index in [2.05, 4.69) is 28.7 Å². The van der Waals surface area contributed by atoms with Crippen molar-refractivity contribution in [2.75, 3.05) is 23.8 Å². The van der Waals surface area contributed by atoms with Crippen molar-refractivity contribution in [2.24, 2.45) is 80.8 Å². The maximum absolute atomic E-state index is 14.3. The molecule has 2 amide bonds. The Kier molecular flexibility index (Phi) is 21.7. The number of amides is 2. The summed E-state index contributed by atoms with van der Waals surface area (Å²) < 4.78 is 64.0. The van der Waals surface area contributed by atoms with Crippen molar-refractivity contribution in [3.63, 3.8) is 0 Å². The van der Waals surface area contributed by atoms with Gasteiger partial charge in [0.1, 0.15) is 24.8 Å². The lowest BCUT2D eigenvalue weighted by atomic mass is 9.46. The molecule has 108 heavy (non-hydrogen) atoms. The molecule has 0 spiro atoms. The standard InChI is InChI=1S/C43H51NO11S.C43H51NO8/c1-24(2)34(46)17-25(3)39(49)44-30-8-6-7-27(19-30)18-26-9-11-28(12-10-26)40-54-37-21-33-32-14-13-29-20-31(45)15-16-41(29,4)38(32)35(47)22-42(33,5)43(37,55-40)36(48)23-53-56(50,51)52;1-24(2)34(47)17-25(3)39(50)44-30-8-6-7-27(19-30)18-26-9-11-28(12-10-26)40-51-37-21-33-32-14-13-29-20-31(46)15-16-41(29,4)38(32)35(48)22-42(33,5)43(37,52-40)36(49)23-45/h6-12,15-16,19-20,24-25,32-33,35,37-38,40,47H,13-14,17-18,21-23H2,1-5H3,(H,44,49)(H,50,51,52);6-12,15-16,19-20,24-25,32-33,35,37-38,40,45,48H,13-14,17-18,21-23H2,1-5H3,(H,44,50)/t2*25-,32+,33+,35+,37-,38-,40-,41+,42+,43-/m11/s1. The molecule has 0 bridgehead atoms. The molecule has 10 aliphatic rings. The van der Waals surface area contributed by atoms with Gasteiger partial charge in [0.25, 0.3) is 0 Å². The predicted octanol–water partition coefficient (Wildman–Crippen LogP) is 12.0. The Labute approximate surface area is 632 Å². The van der Waals surface area contributed by atoms with Crippen LogP contribution in [0.15, 0.2) is 145 Å². The fraction of sp³-hybridized carbons (Fsp3) is 0.535. The Morgan fingerprint density at radius 1 is 0.565 bits per heavy atom. The third-order valence-electron chi connectivity index (χ3n) is 26.7. The summed E-state index contributed by atoms with van der Waals surface area (Å²) in [5, 5.41) is 40.1. The van der Waals surface area contributed by atoms with Crippen molar-refractivity contribution in [3.8, 4) is 0 Å². The van der Waals surface area contributed by atoms with Crippen LogP contribution in [0.5, 0.6) is 0 Å². The largest absolute Gasteiger partial charge is 0.397 e. The van der Waals surface area contributed by atoms with Gasteiger partial charge in [0.2, 0.25) is 11.8 Å². The highest BCUT2D eigenvalue weighted by Gasteiger charge is 2.78. The summed E-state index contributed by atoms with van der Waals surface area (Å²) in [6, 6.07) is 30.6. The van der Waals surface area contributed by atoms with Crippen LogP contribution in [0.1, 0.15) is 179 Å². The van der Waals surface area contributed by atoms with Crippen molar-refractivity contribution in [3.05, 3.63) is 178 Å². The SMILES string of the molecule is CC(C)C(=O)C[C@@H](C)C(=O)Nc1cccc(Cc2ccc([C@@H]3O[C@@H]4C[C@H]5[C@@H]6CCC7=CC(=O)C=C[C@]7(C)[C@H]6[C@@H](O)C[C@]5(C)[C@]4(C(=O)CO)O3)cc2)c1.CC(C)C(=O)C[C@@H](C)C(=O)Nc1cccc(Cc2ccc([C@@H]3O[C@@H]4C[C@H]5[C@@H]6CCC7=CC(=O)C=C[C@]7(C)[C@H]6[C@@H](O)C[C@]5(C)[C@]4(C(=O)COS(=O)(=O)O)O3)cc2)c1. The summed E-state index contributed by atoms with van der Waals surface area (Å²) in [7, 11) is -4.94. The molecule has 576 valence electrons. The fourth-order valence-corrected chi connectivity index (χ4v) is 21.4. The van der Waals surface area contributed by atoms with E-state index >= 15 is 0 Å². The van der Waals surface area contributed by atoms with E-state index in [1.54, 1.807) is 44.2 Å². The number of aliphatic hydroxyl groups excluding tert-OH is 3. The van der Waals surface area contributed by atoms with Crippen LogP contribution in [-0.4, -0.2) is 124 Å². The van der Waals surface area contributed by atoms with Crippen molar-refractivity contribution >= 4 is 68.3 Å². The molecular weight excluding hydrogens is 1400 g/mol. The van der Waals surface area contributed by atoms with Crippen LogP contribution in [0.3, 0.4) is 0 Å². The molecule has 8 aliphatic carbocycles. The second-order valence-electron chi connectivity index (χ2n) is 33.9. The van der Waals surface area contributed by atoms with E-state index in [0.717, 1.165) is 51.8 Å². The first-order valence-electron chi connectivity index (χ1n) is 38.3. The second-order valence-corrected chi connectivity index (χ2v) is 35.0. The van der Waals surface area contributed by atoms with Gasteiger partial charge in [0.15, 0.2) is 46.9 Å². The Morgan fingerprint density at radius 3 is 1.34 bits per heavy atom. The lowest BCUT2D eigenvalue weighted by Crippen LogP contribution is -2.63. The first-order chi connectivity index (χ1) is 51.0. The zero-order chi connectivity index (χ0) is 77.5. The lowest BCUT2D eigenvalue weighted by molar-refractivity contribution is -0.201. The molecule has 4 aromatic rings. The Bertz CT molecular complexity index is 4480. The van der Waals surface area contributed by atoms with Gasteiger partial charge in [-0.25, -0.2) is 4.18 Å². The molecule has 20 atom stereocenters. The monoisotopic (exact) mass is 1500 g/mol. The minimum absolute atomic E-state index is 0.0116. The zero-order valence-corrected chi connectivity index (χ0v) is 64.0. The van der Waals surface area contributed by atoms with Gasteiger partial charge in [0, 0.05) is 92.5 Å². The number of anilines is 2. The number of benzene rings is 4. The minimum Gasteiger partial charge on any atom is -0.393 e. The van der Waals surface area contributed by atoms with Crippen molar-refractivity contribution in [1.29, 1.82) is 0 Å². The summed E-state index contributed by atoms with van der Waals surface area (Å²) in [4.78, 5) is 103. The molecule has 2 heterocycles. The number of rotatable bonds is 22. The third kappa shape index (κ3) is 14.2. The van der Waals surface area contributed by atoms with E-state index in [1.165, 1.54) is 0 Å². The topological polar surface area (TPSA) is 322 Å². The van der Waals surface area contributed by atoms with E-state index < -0.39 is 117 Å². The third-order valence-corrected chi connectivity index (χ3v) is 27.1. The van der Waals surface area contributed by atoms with Crippen molar-refractivity contribution in [2.45, 2.75) is 194 Å². The quantitative estimate of drug-likeness (QED) is 0.0398. The van der Waals surface area contributed by atoms with E-state index in [9.17, 15) is 66.6 Å². The molecule has 2 saturated heterocycles. The molecule has 6 N–H and O–H groups in total. The van der Waals surface area contributed by atoms with Crippen LogP contribution in [0.25, 0.3) is 0 Å². The number of Topliss-reactive ketones (excluding diaryl/α,β-unsaturated/α-hetero) is 4. The molecular formula is C86H102N2O19S. The van der Waals surface area contributed by atoms with Crippen molar-refractivity contribution < 1.29 is 89.8 Å². The maximum Gasteiger partial charge on any atom is 0.397 e. The number of carbonyl (C=O) groups excluding carboxylic acids is 8. The van der Waals surface area contributed by atoms with Gasteiger partial charge in [-0.3, -0.25) is 42.9 Å². The number of hydrogen-bond acceptors (Lipinski definition) is 18. The van der Waals surface area contributed by atoms with Gasteiger partial charge < -0.3 is 44.9 Å². The average molecular weight is 1500 g/mol. The van der Waals surface area contributed by atoms with Gasteiger partial charge in [-0.2, -0.15) is 8.42 Å². The number of allylic oxidation sites excluding steroid dienone is 8. The van der Waals surface area contributed by atoms with Gasteiger partial charge in [0.05, 0.1) is 24.4 Å². The number of carbonyl (C=O) groups is 8. The van der Waals surface area contributed by atoms with Crippen LogP contribution in [0.4, 0.5) is 11.4 Å². The number of aliphatic hydroxyl groups is 3. The smallest absolute Gasteiger partial charge is 0.393 e. The van der Waals surface area contributed by atoms with E-state index in [1.807, 2.05) is 145 Å². The molecule has 0 unspecified atom stereocenters. The molecule has 22 heteroatoms. The molecule has 2 aliphatic heterocycles. The Hall–Kier alpha value is -7.61.